The fourth-order valence-corrected chi connectivity index (χ4v) is 2.19. The van der Waals surface area contributed by atoms with E-state index >= 15 is 0 Å². The molecule has 2 heterocycles. The molecule has 0 aliphatic carbocycles. The number of hydrogen-bond acceptors (Lipinski definition) is 5. The molecular formula is C13H16N2O4. The molecule has 1 amide bonds. The van der Waals surface area contributed by atoms with E-state index in [1.54, 1.807) is 12.1 Å². The van der Waals surface area contributed by atoms with E-state index in [2.05, 4.69) is 5.32 Å². The Labute approximate surface area is 110 Å². The van der Waals surface area contributed by atoms with E-state index in [1.807, 2.05) is 0 Å². The smallest absolute Gasteiger partial charge is 0.229 e. The van der Waals surface area contributed by atoms with E-state index in [0.29, 0.717) is 49.3 Å². The van der Waals surface area contributed by atoms with Gasteiger partial charge in [0.15, 0.2) is 11.5 Å². The van der Waals surface area contributed by atoms with Crippen molar-refractivity contribution in [2.24, 2.45) is 5.92 Å². The Morgan fingerprint density at radius 2 is 1.95 bits per heavy atom. The summed E-state index contributed by atoms with van der Waals surface area (Å²) in [6.45, 7) is 2.11. The van der Waals surface area contributed by atoms with Gasteiger partial charge in [-0.25, -0.2) is 0 Å². The first-order chi connectivity index (χ1) is 9.24. The molecule has 19 heavy (non-hydrogen) atoms. The largest absolute Gasteiger partial charge is 0.486 e. The molecule has 3 N–H and O–H groups in total. The number of hydrogen-bond donors (Lipinski definition) is 2. The van der Waals surface area contributed by atoms with Crippen LogP contribution in [0.4, 0.5) is 11.4 Å². The van der Waals surface area contributed by atoms with E-state index in [4.69, 9.17) is 19.9 Å². The molecule has 6 heteroatoms. The fourth-order valence-electron chi connectivity index (χ4n) is 2.19. The maximum absolute atomic E-state index is 12.0. The number of rotatable bonds is 2. The van der Waals surface area contributed by atoms with Crippen LogP contribution < -0.4 is 20.5 Å². The zero-order chi connectivity index (χ0) is 13.2. The van der Waals surface area contributed by atoms with Crippen LogP contribution in [0.2, 0.25) is 0 Å². The number of amides is 1. The van der Waals surface area contributed by atoms with Crippen molar-refractivity contribution in [1.82, 2.24) is 0 Å². The molecule has 1 aromatic carbocycles. The molecule has 1 unspecified atom stereocenters. The summed E-state index contributed by atoms with van der Waals surface area (Å²) in [4.78, 5) is 12.0. The normalized spacial score (nSPS) is 21.2. The van der Waals surface area contributed by atoms with Crippen molar-refractivity contribution in [2.75, 3.05) is 37.5 Å². The van der Waals surface area contributed by atoms with Gasteiger partial charge < -0.3 is 25.3 Å². The Morgan fingerprint density at radius 1 is 1.21 bits per heavy atom. The van der Waals surface area contributed by atoms with E-state index in [1.165, 1.54) is 0 Å². The first kappa shape index (κ1) is 12.1. The summed E-state index contributed by atoms with van der Waals surface area (Å²) in [7, 11) is 0. The highest BCUT2D eigenvalue weighted by Crippen LogP contribution is 2.37. The minimum Gasteiger partial charge on any atom is -0.486 e. The Balaban J connectivity index is 1.78. The number of ether oxygens (including phenoxy) is 3. The molecule has 0 spiro atoms. The molecular weight excluding hydrogens is 248 g/mol. The molecule has 0 saturated carbocycles. The molecule has 102 valence electrons. The van der Waals surface area contributed by atoms with E-state index < -0.39 is 0 Å². The number of nitrogens with two attached hydrogens (primary N) is 1. The molecule has 2 aliphatic rings. The van der Waals surface area contributed by atoms with Gasteiger partial charge >= 0.3 is 0 Å². The maximum atomic E-state index is 12.0. The molecule has 6 nitrogen and oxygen atoms in total. The van der Waals surface area contributed by atoms with Crippen molar-refractivity contribution >= 4 is 17.3 Å². The summed E-state index contributed by atoms with van der Waals surface area (Å²) in [5.74, 6) is 1.05. The number of anilines is 2. The number of nitrogens with one attached hydrogen (secondary N) is 1. The van der Waals surface area contributed by atoms with Crippen molar-refractivity contribution in [2.45, 2.75) is 6.42 Å². The molecule has 1 fully saturated rings. The quantitative estimate of drug-likeness (QED) is 0.779. The molecule has 1 atom stereocenters. The first-order valence-corrected chi connectivity index (χ1v) is 6.32. The van der Waals surface area contributed by atoms with Gasteiger partial charge in [-0.15, -0.1) is 0 Å². The monoisotopic (exact) mass is 264 g/mol. The number of carbonyl (C=O) groups is 1. The molecule has 2 aliphatic heterocycles. The molecule has 0 bridgehead atoms. The van der Waals surface area contributed by atoms with Gasteiger partial charge in [0.1, 0.15) is 13.2 Å². The Bertz CT molecular complexity index is 498. The van der Waals surface area contributed by atoms with Gasteiger partial charge in [-0.3, -0.25) is 4.79 Å². The third-order valence-corrected chi connectivity index (χ3v) is 3.27. The summed E-state index contributed by atoms with van der Waals surface area (Å²) in [6, 6.07) is 3.38. The van der Waals surface area contributed by atoms with Gasteiger partial charge in [-0.1, -0.05) is 0 Å². The van der Waals surface area contributed by atoms with Gasteiger partial charge in [0.2, 0.25) is 5.91 Å². The van der Waals surface area contributed by atoms with Crippen molar-refractivity contribution in [3.05, 3.63) is 12.1 Å². The summed E-state index contributed by atoms with van der Waals surface area (Å²) in [5, 5.41) is 2.82. The summed E-state index contributed by atoms with van der Waals surface area (Å²) in [5.41, 5.74) is 6.94. The zero-order valence-electron chi connectivity index (χ0n) is 10.5. The minimum absolute atomic E-state index is 0.0686. The second-order valence-electron chi connectivity index (χ2n) is 4.63. The topological polar surface area (TPSA) is 82.8 Å². The summed E-state index contributed by atoms with van der Waals surface area (Å²) in [6.07, 6.45) is 0.746. The second-order valence-corrected chi connectivity index (χ2v) is 4.63. The lowest BCUT2D eigenvalue weighted by Crippen LogP contribution is -2.23. The predicted octanol–water partition coefficient (Wildman–Crippen LogP) is 1.01. The standard InChI is InChI=1S/C13H16N2O4/c14-9-5-11-12(19-4-3-18-11)6-10(9)15-13(16)8-1-2-17-7-8/h5-6,8H,1-4,7,14H2,(H,15,16). The van der Waals surface area contributed by atoms with Crippen LogP contribution in [0.3, 0.4) is 0 Å². The van der Waals surface area contributed by atoms with Gasteiger partial charge in [0.05, 0.1) is 23.9 Å². The Kier molecular flexibility index (Phi) is 3.16. The molecule has 0 radical (unpaired) electrons. The van der Waals surface area contributed by atoms with Crippen molar-refractivity contribution in [3.63, 3.8) is 0 Å². The molecule has 0 aromatic heterocycles. The number of fused-ring (bicyclic) bond motifs is 1. The van der Waals surface area contributed by atoms with Crippen molar-refractivity contribution in [3.8, 4) is 11.5 Å². The fraction of sp³-hybridized carbons (Fsp3) is 0.462. The van der Waals surface area contributed by atoms with Crippen LogP contribution in [0.1, 0.15) is 6.42 Å². The van der Waals surface area contributed by atoms with Gasteiger partial charge in [0.25, 0.3) is 0 Å². The predicted molar refractivity (Wildman–Crippen MR) is 69.4 cm³/mol. The van der Waals surface area contributed by atoms with Gasteiger partial charge in [-0.2, -0.15) is 0 Å². The van der Waals surface area contributed by atoms with Crippen LogP contribution >= 0.6 is 0 Å². The van der Waals surface area contributed by atoms with Crippen LogP contribution in [-0.2, 0) is 9.53 Å². The minimum atomic E-state index is -0.104. The number of benzene rings is 1. The van der Waals surface area contributed by atoms with Crippen LogP contribution in [0.15, 0.2) is 12.1 Å². The van der Waals surface area contributed by atoms with Gasteiger partial charge in [0, 0.05) is 18.7 Å². The average molecular weight is 264 g/mol. The van der Waals surface area contributed by atoms with Crippen LogP contribution in [0.5, 0.6) is 11.5 Å². The van der Waals surface area contributed by atoms with E-state index in [-0.39, 0.29) is 11.8 Å². The third kappa shape index (κ3) is 2.44. The van der Waals surface area contributed by atoms with Crippen LogP contribution in [0, 0.1) is 5.92 Å². The summed E-state index contributed by atoms with van der Waals surface area (Å²) < 4.78 is 16.1. The van der Waals surface area contributed by atoms with E-state index in [0.717, 1.165) is 6.42 Å². The third-order valence-electron chi connectivity index (χ3n) is 3.27. The SMILES string of the molecule is Nc1cc2c(cc1NC(=O)C1CCOC1)OCCO2. The summed E-state index contributed by atoms with van der Waals surface area (Å²) >= 11 is 0. The highest BCUT2D eigenvalue weighted by atomic mass is 16.6. The Hall–Kier alpha value is -1.95. The molecule has 3 rings (SSSR count). The first-order valence-electron chi connectivity index (χ1n) is 6.32. The Morgan fingerprint density at radius 3 is 2.63 bits per heavy atom. The average Bonchev–Trinajstić information content (AvgIpc) is 2.93. The lowest BCUT2D eigenvalue weighted by molar-refractivity contribution is -0.119. The van der Waals surface area contributed by atoms with Gasteiger partial charge in [-0.05, 0) is 6.42 Å². The number of nitrogen functional groups attached to an aromatic ring is 1. The highest BCUT2D eigenvalue weighted by molar-refractivity contribution is 5.96. The van der Waals surface area contributed by atoms with Crippen LogP contribution in [0.25, 0.3) is 0 Å². The van der Waals surface area contributed by atoms with Crippen molar-refractivity contribution < 1.29 is 19.0 Å². The van der Waals surface area contributed by atoms with Crippen molar-refractivity contribution in [1.29, 1.82) is 0 Å². The molecule has 1 aromatic rings. The van der Waals surface area contributed by atoms with E-state index in [9.17, 15) is 4.79 Å². The lowest BCUT2D eigenvalue weighted by Gasteiger charge is -2.20. The highest BCUT2D eigenvalue weighted by Gasteiger charge is 2.24. The number of carbonyl (C=O) groups excluding carboxylic acids is 1. The maximum Gasteiger partial charge on any atom is 0.229 e. The molecule has 1 saturated heterocycles. The van der Waals surface area contributed by atoms with Crippen LogP contribution in [-0.4, -0.2) is 32.3 Å². The second kappa shape index (κ2) is 4.97. The lowest BCUT2D eigenvalue weighted by atomic mass is 10.1. The zero-order valence-corrected chi connectivity index (χ0v) is 10.5.